The number of hydrogen-bond donors (Lipinski definition) is 1. The van der Waals surface area contributed by atoms with Gasteiger partial charge in [-0.3, -0.25) is 4.79 Å². The summed E-state index contributed by atoms with van der Waals surface area (Å²) in [6.45, 7) is 0.563. The maximum Gasteiger partial charge on any atom is 0.163 e. The van der Waals surface area contributed by atoms with E-state index < -0.39 is 0 Å². The number of halogens is 1. The van der Waals surface area contributed by atoms with Gasteiger partial charge in [-0.1, -0.05) is 41.9 Å². The molecular formula is C24H21ClN2O2. The molecule has 3 aromatic rings. The number of anilines is 2. The summed E-state index contributed by atoms with van der Waals surface area (Å²) in [6, 6.07) is 19.5. The minimum absolute atomic E-state index is 0.178. The molecule has 2 aromatic carbocycles. The van der Waals surface area contributed by atoms with E-state index in [1.54, 1.807) is 6.26 Å². The third-order valence-corrected chi connectivity index (χ3v) is 6.02. The minimum atomic E-state index is -0.305. The Hall–Kier alpha value is -2.98. The molecule has 146 valence electrons. The predicted octanol–water partition coefficient (Wildman–Crippen LogP) is 6.11. The Morgan fingerprint density at radius 3 is 2.69 bits per heavy atom. The third kappa shape index (κ3) is 3.23. The van der Waals surface area contributed by atoms with Gasteiger partial charge in [-0.05, 0) is 48.7 Å². The van der Waals surface area contributed by atoms with E-state index in [0.29, 0.717) is 18.0 Å². The maximum absolute atomic E-state index is 13.1. The van der Waals surface area contributed by atoms with E-state index in [1.807, 2.05) is 48.5 Å². The standard InChI is InChI=1S/C24H21ClN2O2/c25-17-8-2-1-7-16(17)15-27-20-11-4-3-9-18(20)26-19-10-5-12-21(28)23(19)24(27)22-13-6-14-29-22/h1-4,6-9,11,13-14,24,26H,5,10,12,15H2. The number of nitrogens with one attached hydrogen (secondary N) is 1. The number of benzene rings is 2. The van der Waals surface area contributed by atoms with E-state index in [4.69, 9.17) is 16.0 Å². The third-order valence-electron chi connectivity index (χ3n) is 5.65. The quantitative estimate of drug-likeness (QED) is 0.571. The molecule has 4 nitrogen and oxygen atoms in total. The summed E-state index contributed by atoms with van der Waals surface area (Å²) in [5, 5.41) is 4.27. The van der Waals surface area contributed by atoms with E-state index in [9.17, 15) is 4.79 Å². The first kappa shape index (κ1) is 18.1. The van der Waals surface area contributed by atoms with Crippen LogP contribution >= 0.6 is 11.6 Å². The van der Waals surface area contributed by atoms with Crippen molar-refractivity contribution >= 4 is 28.8 Å². The lowest BCUT2D eigenvalue weighted by atomic mass is 9.88. The van der Waals surface area contributed by atoms with Crippen LogP contribution in [0.1, 0.15) is 36.6 Å². The number of furan rings is 1. The van der Waals surface area contributed by atoms with Crippen LogP contribution < -0.4 is 10.2 Å². The number of Topliss-reactive ketones (excluding diaryl/α,β-unsaturated/α-hetero) is 1. The SMILES string of the molecule is O=C1CCCC2=C1C(c1ccco1)N(Cc1ccccc1Cl)c1ccccc1N2. The fourth-order valence-corrected chi connectivity index (χ4v) is 4.52. The summed E-state index contributed by atoms with van der Waals surface area (Å²) >= 11 is 6.51. The molecule has 0 saturated carbocycles. The van der Waals surface area contributed by atoms with E-state index >= 15 is 0 Å². The Balaban J connectivity index is 1.73. The Morgan fingerprint density at radius 1 is 1.03 bits per heavy atom. The van der Waals surface area contributed by atoms with Gasteiger partial charge in [-0.2, -0.15) is 0 Å². The molecule has 1 aliphatic heterocycles. The molecule has 0 spiro atoms. The van der Waals surface area contributed by atoms with Crippen LogP contribution in [0.3, 0.4) is 0 Å². The largest absolute Gasteiger partial charge is 0.467 e. The summed E-state index contributed by atoms with van der Waals surface area (Å²) in [6.07, 6.45) is 3.95. The highest BCUT2D eigenvalue weighted by molar-refractivity contribution is 6.31. The van der Waals surface area contributed by atoms with Crippen LogP contribution in [-0.2, 0) is 11.3 Å². The number of allylic oxidation sites excluding steroid dienone is 1. The van der Waals surface area contributed by atoms with Crippen LogP contribution in [0.4, 0.5) is 11.4 Å². The van der Waals surface area contributed by atoms with Crippen molar-refractivity contribution in [3.05, 3.63) is 94.5 Å². The van der Waals surface area contributed by atoms with Crippen LogP contribution in [0.2, 0.25) is 5.02 Å². The van der Waals surface area contributed by atoms with Crippen molar-refractivity contribution < 1.29 is 9.21 Å². The van der Waals surface area contributed by atoms with Crippen LogP contribution in [0, 0.1) is 0 Å². The van der Waals surface area contributed by atoms with Gasteiger partial charge in [0.2, 0.25) is 0 Å². The summed E-state index contributed by atoms with van der Waals surface area (Å²) in [4.78, 5) is 15.3. The molecule has 2 aliphatic rings. The van der Waals surface area contributed by atoms with E-state index in [-0.39, 0.29) is 11.8 Å². The molecule has 5 heteroatoms. The fraction of sp³-hybridized carbons (Fsp3) is 0.208. The first-order valence-corrected chi connectivity index (χ1v) is 10.3. The van der Waals surface area contributed by atoms with Crippen molar-refractivity contribution in [2.45, 2.75) is 31.8 Å². The molecule has 0 saturated heterocycles. The molecule has 2 heterocycles. The van der Waals surface area contributed by atoms with Gasteiger partial charge in [0.1, 0.15) is 11.8 Å². The highest BCUT2D eigenvalue weighted by atomic mass is 35.5. The van der Waals surface area contributed by atoms with Crippen molar-refractivity contribution in [1.29, 1.82) is 0 Å². The first-order chi connectivity index (χ1) is 14.2. The molecule has 0 bridgehead atoms. The second-order valence-electron chi connectivity index (χ2n) is 7.45. The zero-order chi connectivity index (χ0) is 19.8. The van der Waals surface area contributed by atoms with Crippen molar-refractivity contribution in [3.8, 4) is 0 Å². The summed E-state index contributed by atoms with van der Waals surface area (Å²) < 4.78 is 5.85. The van der Waals surface area contributed by atoms with Crippen molar-refractivity contribution in [2.24, 2.45) is 0 Å². The molecule has 1 aromatic heterocycles. The number of rotatable bonds is 3. The number of fused-ring (bicyclic) bond motifs is 1. The van der Waals surface area contributed by atoms with Gasteiger partial charge in [0, 0.05) is 29.3 Å². The van der Waals surface area contributed by atoms with Crippen LogP contribution in [0.25, 0.3) is 0 Å². The molecule has 1 aliphatic carbocycles. The number of ketones is 1. The molecule has 1 atom stereocenters. The lowest BCUT2D eigenvalue weighted by Crippen LogP contribution is -2.32. The van der Waals surface area contributed by atoms with Crippen LogP contribution in [0.15, 0.2) is 82.6 Å². The smallest absolute Gasteiger partial charge is 0.163 e. The highest BCUT2D eigenvalue weighted by Crippen LogP contribution is 2.45. The molecule has 1 unspecified atom stereocenters. The second kappa shape index (κ2) is 7.45. The van der Waals surface area contributed by atoms with Gasteiger partial charge in [-0.15, -0.1) is 0 Å². The monoisotopic (exact) mass is 404 g/mol. The van der Waals surface area contributed by atoms with Gasteiger partial charge in [0.15, 0.2) is 5.78 Å². The zero-order valence-electron chi connectivity index (χ0n) is 15.9. The summed E-state index contributed by atoms with van der Waals surface area (Å²) in [5.74, 6) is 0.940. The Morgan fingerprint density at radius 2 is 1.86 bits per heavy atom. The highest BCUT2D eigenvalue weighted by Gasteiger charge is 2.38. The lowest BCUT2D eigenvalue weighted by molar-refractivity contribution is -0.116. The Bertz CT molecular complexity index is 1090. The number of carbonyl (C=O) groups excluding carboxylic acids is 1. The van der Waals surface area contributed by atoms with E-state index in [2.05, 4.69) is 22.3 Å². The number of carbonyl (C=O) groups is 1. The normalized spacial score (nSPS) is 18.7. The minimum Gasteiger partial charge on any atom is -0.467 e. The van der Waals surface area contributed by atoms with Crippen LogP contribution in [-0.4, -0.2) is 5.78 Å². The first-order valence-electron chi connectivity index (χ1n) is 9.88. The average Bonchev–Trinajstić information content (AvgIpc) is 3.21. The van der Waals surface area contributed by atoms with Gasteiger partial charge in [0.25, 0.3) is 0 Å². The van der Waals surface area contributed by atoms with Gasteiger partial charge >= 0.3 is 0 Å². The number of para-hydroxylation sites is 2. The fourth-order valence-electron chi connectivity index (χ4n) is 4.33. The molecule has 1 N–H and O–H groups in total. The van der Waals surface area contributed by atoms with Crippen molar-refractivity contribution in [1.82, 2.24) is 0 Å². The zero-order valence-corrected chi connectivity index (χ0v) is 16.7. The lowest BCUT2D eigenvalue weighted by Gasteiger charge is -2.34. The van der Waals surface area contributed by atoms with Gasteiger partial charge in [0.05, 0.1) is 17.6 Å². The van der Waals surface area contributed by atoms with Crippen LogP contribution in [0.5, 0.6) is 0 Å². The van der Waals surface area contributed by atoms with Gasteiger partial charge in [-0.25, -0.2) is 0 Å². The van der Waals surface area contributed by atoms with Crippen molar-refractivity contribution in [3.63, 3.8) is 0 Å². The van der Waals surface area contributed by atoms with E-state index in [1.165, 1.54) is 0 Å². The molecule has 0 fully saturated rings. The van der Waals surface area contributed by atoms with Gasteiger partial charge < -0.3 is 14.6 Å². The number of hydrogen-bond acceptors (Lipinski definition) is 4. The summed E-state index contributed by atoms with van der Waals surface area (Å²) in [5.41, 5.74) is 4.82. The topological polar surface area (TPSA) is 45.5 Å². The maximum atomic E-state index is 13.1. The Kier molecular flexibility index (Phi) is 4.64. The second-order valence-corrected chi connectivity index (χ2v) is 7.86. The number of nitrogens with zero attached hydrogens (tertiary/aromatic N) is 1. The summed E-state index contributed by atoms with van der Waals surface area (Å²) in [7, 11) is 0. The molecule has 0 amide bonds. The molecule has 29 heavy (non-hydrogen) atoms. The molecule has 5 rings (SSSR count). The molecular weight excluding hydrogens is 384 g/mol. The van der Waals surface area contributed by atoms with E-state index in [0.717, 1.165) is 46.8 Å². The average molecular weight is 405 g/mol. The molecule has 0 radical (unpaired) electrons. The predicted molar refractivity (Wildman–Crippen MR) is 115 cm³/mol. The van der Waals surface area contributed by atoms with Crippen molar-refractivity contribution in [2.75, 3.05) is 10.2 Å². The Labute approximate surface area is 174 Å².